The molecule has 2 aromatic heterocycles. The van der Waals surface area contributed by atoms with Crippen molar-refractivity contribution in [3.05, 3.63) is 52.6 Å². The van der Waals surface area contributed by atoms with Gasteiger partial charge in [-0.2, -0.15) is 0 Å². The van der Waals surface area contributed by atoms with Gasteiger partial charge >= 0.3 is 0 Å². The number of hydrogen-bond acceptors (Lipinski definition) is 2. The number of hydrogen-bond donors (Lipinski definition) is 0. The van der Waals surface area contributed by atoms with Gasteiger partial charge in [0.2, 0.25) is 0 Å². The number of aryl methyl sites for hydroxylation is 2. The highest BCUT2D eigenvalue weighted by molar-refractivity contribution is 5.77. The number of carbonyl (C=O) groups excluding carboxylic acids is 1. The summed E-state index contributed by atoms with van der Waals surface area (Å²) in [5.41, 5.74) is 5.22. The number of aromatic nitrogens is 2. The van der Waals surface area contributed by atoms with Crippen LogP contribution in [0.25, 0.3) is 0 Å². The van der Waals surface area contributed by atoms with Gasteiger partial charge in [0.05, 0.1) is 12.2 Å². The molecule has 3 heteroatoms. The monoisotopic (exact) mass is 242 g/mol. The van der Waals surface area contributed by atoms with E-state index >= 15 is 0 Å². The lowest BCUT2D eigenvalue weighted by atomic mass is 10.1. The maximum atomic E-state index is 10.9. The summed E-state index contributed by atoms with van der Waals surface area (Å²) < 4.78 is 2.14. The summed E-state index contributed by atoms with van der Waals surface area (Å²) in [7, 11) is 0. The molecule has 0 saturated carbocycles. The molecule has 0 aromatic carbocycles. The van der Waals surface area contributed by atoms with Gasteiger partial charge < -0.3 is 4.57 Å². The maximum Gasteiger partial charge on any atom is 0.151 e. The van der Waals surface area contributed by atoms with Crippen molar-refractivity contribution in [1.29, 1.82) is 0 Å². The zero-order valence-corrected chi connectivity index (χ0v) is 11.1. The topological polar surface area (TPSA) is 34.9 Å². The van der Waals surface area contributed by atoms with Crippen LogP contribution < -0.4 is 0 Å². The Bertz CT molecular complexity index is 570. The van der Waals surface area contributed by atoms with Gasteiger partial charge in [0.1, 0.15) is 0 Å². The second kappa shape index (κ2) is 5.17. The van der Waals surface area contributed by atoms with Crippen LogP contribution in [0.15, 0.2) is 24.4 Å². The van der Waals surface area contributed by atoms with E-state index in [4.69, 9.17) is 0 Å². The Labute approximate surface area is 107 Å². The predicted octanol–water partition coefficient (Wildman–Crippen LogP) is 2.92. The molecule has 2 rings (SSSR count). The molecule has 0 saturated heterocycles. The molecule has 18 heavy (non-hydrogen) atoms. The molecule has 0 amide bonds. The highest BCUT2D eigenvalue weighted by Crippen LogP contribution is 2.16. The van der Waals surface area contributed by atoms with Gasteiger partial charge in [-0.05, 0) is 38.0 Å². The zero-order valence-electron chi connectivity index (χ0n) is 11.1. The normalized spacial score (nSPS) is 10.6. The van der Waals surface area contributed by atoms with Crippen LogP contribution in [0.3, 0.4) is 0 Å². The van der Waals surface area contributed by atoms with Crippen molar-refractivity contribution in [3.8, 4) is 0 Å². The Morgan fingerprint density at radius 1 is 1.39 bits per heavy atom. The Morgan fingerprint density at radius 3 is 2.78 bits per heavy atom. The molecule has 0 atom stereocenters. The van der Waals surface area contributed by atoms with Gasteiger partial charge in [-0.15, -0.1) is 0 Å². The van der Waals surface area contributed by atoms with Crippen molar-refractivity contribution in [2.45, 2.75) is 33.7 Å². The van der Waals surface area contributed by atoms with Crippen molar-refractivity contribution in [2.24, 2.45) is 0 Å². The van der Waals surface area contributed by atoms with Crippen LogP contribution in [0, 0.1) is 13.8 Å². The summed E-state index contributed by atoms with van der Waals surface area (Å²) in [5, 5.41) is 0. The highest BCUT2D eigenvalue weighted by Gasteiger charge is 2.10. The lowest BCUT2D eigenvalue weighted by Crippen LogP contribution is -2.08. The van der Waals surface area contributed by atoms with Gasteiger partial charge in [-0.3, -0.25) is 9.78 Å². The fraction of sp³-hybridized carbons (Fsp3) is 0.333. The minimum atomic E-state index is 0.732. The number of aldehydes is 1. The fourth-order valence-electron chi connectivity index (χ4n) is 2.28. The molecule has 3 nitrogen and oxygen atoms in total. The first-order chi connectivity index (χ1) is 8.67. The summed E-state index contributed by atoms with van der Waals surface area (Å²) in [5.74, 6) is 0. The van der Waals surface area contributed by atoms with E-state index in [1.54, 1.807) is 0 Å². The first-order valence-corrected chi connectivity index (χ1v) is 6.22. The summed E-state index contributed by atoms with van der Waals surface area (Å²) in [6.07, 6.45) is 3.71. The van der Waals surface area contributed by atoms with E-state index in [1.165, 1.54) is 5.56 Å². The highest BCUT2D eigenvalue weighted by atomic mass is 16.1. The van der Waals surface area contributed by atoms with Crippen molar-refractivity contribution in [1.82, 2.24) is 9.55 Å². The Hall–Kier alpha value is -1.90. The molecule has 0 aliphatic rings. The Kier molecular flexibility index (Phi) is 3.60. The summed E-state index contributed by atoms with van der Waals surface area (Å²) in [6, 6.07) is 6.00. The first kappa shape index (κ1) is 12.6. The van der Waals surface area contributed by atoms with Crippen LogP contribution in [0.4, 0.5) is 0 Å². The Morgan fingerprint density at radius 2 is 2.17 bits per heavy atom. The molecule has 0 radical (unpaired) electrons. The zero-order chi connectivity index (χ0) is 13.1. The molecular weight excluding hydrogens is 224 g/mol. The average molecular weight is 242 g/mol. The van der Waals surface area contributed by atoms with Gasteiger partial charge in [0.25, 0.3) is 0 Å². The van der Waals surface area contributed by atoms with Gasteiger partial charge in [-0.25, -0.2) is 0 Å². The summed E-state index contributed by atoms with van der Waals surface area (Å²) in [6.45, 7) is 6.86. The molecule has 0 spiro atoms. The molecule has 94 valence electrons. The molecule has 0 fully saturated rings. The van der Waals surface area contributed by atoms with Crippen LogP contribution in [-0.4, -0.2) is 15.8 Å². The fourth-order valence-corrected chi connectivity index (χ4v) is 2.28. The second-order valence-corrected chi connectivity index (χ2v) is 4.49. The van der Waals surface area contributed by atoms with E-state index in [0.717, 1.165) is 41.9 Å². The van der Waals surface area contributed by atoms with Crippen molar-refractivity contribution in [2.75, 3.05) is 0 Å². The lowest BCUT2D eigenvalue weighted by Gasteiger charge is -2.11. The third-order valence-corrected chi connectivity index (χ3v) is 3.41. The molecule has 0 aliphatic carbocycles. The van der Waals surface area contributed by atoms with Crippen molar-refractivity contribution in [3.63, 3.8) is 0 Å². The maximum absolute atomic E-state index is 10.9. The van der Waals surface area contributed by atoms with E-state index in [-0.39, 0.29) is 0 Å². The first-order valence-electron chi connectivity index (χ1n) is 6.22. The van der Waals surface area contributed by atoms with Crippen LogP contribution >= 0.6 is 0 Å². The standard InChI is InChI=1S/C15H18N2O/c1-4-13-6-5-7-16-15(13)9-17-11(2)8-14(10-18)12(17)3/h5-8,10H,4,9H2,1-3H3. The molecule has 0 bridgehead atoms. The minimum Gasteiger partial charge on any atom is -0.343 e. The number of rotatable bonds is 4. The summed E-state index contributed by atoms with van der Waals surface area (Å²) >= 11 is 0. The van der Waals surface area contributed by atoms with Gasteiger partial charge in [0.15, 0.2) is 6.29 Å². The molecular formula is C15H18N2O. The smallest absolute Gasteiger partial charge is 0.151 e. The van der Waals surface area contributed by atoms with Crippen LogP contribution in [-0.2, 0) is 13.0 Å². The largest absolute Gasteiger partial charge is 0.343 e. The quantitative estimate of drug-likeness (QED) is 0.773. The number of nitrogens with zero attached hydrogens (tertiary/aromatic N) is 2. The molecule has 2 aromatic rings. The van der Waals surface area contributed by atoms with Crippen molar-refractivity contribution >= 4 is 6.29 Å². The second-order valence-electron chi connectivity index (χ2n) is 4.49. The Balaban J connectivity index is 2.40. The van der Waals surface area contributed by atoms with E-state index in [9.17, 15) is 4.79 Å². The number of pyridine rings is 1. The SMILES string of the molecule is CCc1cccnc1Cn1c(C)cc(C=O)c1C. The van der Waals surface area contributed by atoms with E-state index < -0.39 is 0 Å². The summed E-state index contributed by atoms with van der Waals surface area (Å²) in [4.78, 5) is 15.4. The number of carbonyl (C=O) groups is 1. The molecule has 0 aliphatic heterocycles. The van der Waals surface area contributed by atoms with Crippen molar-refractivity contribution < 1.29 is 4.79 Å². The van der Waals surface area contributed by atoms with E-state index in [2.05, 4.69) is 22.5 Å². The predicted molar refractivity (Wildman–Crippen MR) is 72.0 cm³/mol. The van der Waals surface area contributed by atoms with Gasteiger partial charge in [0, 0.05) is 23.1 Å². The third kappa shape index (κ3) is 2.21. The third-order valence-electron chi connectivity index (χ3n) is 3.41. The van der Waals surface area contributed by atoms with Crippen LogP contribution in [0.1, 0.15) is 39.9 Å². The molecule has 0 N–H and O–H groups in total. The minimum absolute atomic E-state index is 0.732. The van der Waals surface area contributed by atoms with E-state index in [0.29, 0.717) is 0 Å². The lowest BCUT2D eigenvalue weighted by molar-refractivity contribution is 0.112. The van der Waals surface area contributed by atoms with E-state index in [1.807, 2.05) is 32.2 Å². The molecule has 0 unspecified atom stereocenters. The van der Waals surface area contributed by atoms with Crippen LogP contribution in [0.2, 0.25) is 0 Å². The van der Waals surface area contributed by atoms with Crippen LogP contribution in [0.5, 0.6) is 0 Å². The molecule has 2 heterocycles. The van der Waals surface area contributed by atoms with Gasteiger partial charge in [-0.1, -0.05) is 13.0 Å². The average Bonchev–Trinajstić information content (AvgIpc) is 2.66.